The predicted molar refractivity (Wildman–Crippen MR) is 67.7 cm³/mol. The van der Waals surface area contributed by atoms with Crippen LogP contribution in [0.2, 0.25) is 0 Å². The summed E-state index contributed by atoms with van der Waals surface area (Å²) in [6, 6.07) is -0.747. The molecular weight excluding hydrogens is 238 g/mol. The molecule has 0 spiro atoms. The van der Waals surface area contributed by atoms with Gasteiger partial charge in [-0.05, 0) is 24.7 Å². The number of carbonyl (C=O) groups excluding carboxylic acids is 1. The van der Waals surface area contributed by atoms with Gasteiger partial charge in [0.2, 0.25) is 5.91 Å². The Hall–Kier alpha value is -0.710. The number of nitrogens with one attached hydrogen (secondary N) is 2. The first-order valence-corrected chi connectivity index (χ1v) is 6.77. The summed E-state index contributed by atoms with van der Waals surface area (Å²) in [5.74, 6) is -3.05. The minimum absolute atomic E-state index is 0.0940. The Labute approximate surface area is 108 Å². The lowest BCUT2D eigenvalue weighted by atomic mass is 9.80. The molecule has 2 N–H and O–H groups in total. The highest BCUT2D eigenvalue weighted by Crippen LogP contribution is 2.30. The maximum absolute atomic E-state index is 13.0. The molecule has 0 bridgehead atoms. The molecule has 1 fully saturated rings. The molecule has 0 aromatic carbocycles. The molecule has 1 unspecified atom stereocenters. The van der Waals surface area contributed by atoms with Crippen LogP contribution in [0.25, 0.3) is 0 Å². The van der Waals surface area contributed by atoms with Crippen molar-refractivity contribution in [3.05, 3.63) is 0 Å². The van der Waals surface area contributed by atoms with Crippen LogP contribution < -0.4 is 10.6 Å². The van der Waals surface area contributed by atoms with Crippen molar-refractivity contribution in [2.24, 2.45) is 5.41 Å². The van der Waals surface area contributed by atoms with E-state index in [2.05, 4.69) is 31.4 Å². The van der Waals surface area contributed by atoms with Crippen LogP contribution in [-0.2, 0) is 4.79 Å². The van der Waals surface area contributed by atoms with E-state index in [1.807, 2.05) is 0 Å². The van der Waals surface area contributed by atoms with Gasteiger partial charge in [-0.2, -0.15) is 0 Å². The SMILES string of the molecule is CCC(CC)(CC)CNC(=O)C1CC(F)(F)CN1. The fourth-order valence-electron chi connectivity index (χ4n) is 2.42. The Balaban J connectivity index is 2.46. The largest absolute Gasteiger partial charge is 0.354 e. The van der Waals surface area contributed by atoms with E-state index in [9.17, 15) is 13.6 Å². The molecule has 1 aliphatic rings. The Morgan fingerprint density at radius 1 is 1.33 bits per heavy atom. The van der Waals surface area contributed by atoms with Gasteiger partial charge in [0.15, 0.2) is 0 Å². The van der Waals surface area contributed by atoms with E-state index in [4.69, 9.17) is 0 Å². The van der Waals surface area contributed by atoms with Gasteiger partial charge < -0.3 is 5.32 Å². The summed E-state index contributed by atoms with van der Waals surface area (Å²) in [5, 5.41) is 5.40. The average molecular weight is 262 g/mol. The Kier molecular flexibility index (Phi) is 5.08. The third-order valence-electron chi connectivity index (χ3n) is 4.31. The van der Waals surface area contributed by atoms with Gasteiger partial charge in [-0.1, -0.05) is 20.8 Å². The second-order valence-corrected chi connectivity index (χ2v) is 5.27. The van der Waals surface area contributed by atoms with Crippen LogP contribution in [0.3, 0.4) is 0 Å². The third kappa shape index (κ3) is 3.64. The van der Waals surface area contributed by atoms with Gasteiger partial charge in [-0.25, -0.2) is 8.78 Å². The molecule has 5 heteroatoms. The molecule has 18 heavy (non-hydrogen) atoms. The van der Waals surface area contributed by atoms with E-state index in [-0.39, 0.29) is 11.3 Å². The molecule has 1 amide bonds. The Morgan fingerprint density at radius 2 is 1.89 bits per heavy atom. The van der Waals surface area contributed by atoms with Crippen LogP contribution >= 0.6 is 0 Å². The van der Waals surface area contributed by atoms with Crippen molar-refractivity contribution in [3.63, 3.8) is 0 Å². The molecule has 0 saturated carbocycles. The van der Waals surface area contributed by atoms with Gasteiger partial charge in [0, 0.05) is 13.0 Å². The smallest absolute Gasteiger partial charge is 0.262 e. The standard InChI is InChI=1S/C13H24F2N2O/c1-4-12(5-2,6-3)8-17-11(18)10-7-13(14,15)9-16-10/h10,16H,4-9H2,1-3H3,(H,17,18). The number of halogens is 2. The summed E-state index contributed by atoms with van der Waals surface area (Å²) in [6.45, 7) is 6.47. The fraction of sp³-hybridized carbons (Fsp3) is 0.923. The monoisotopic (exact) mass is 262 g/mol. The quantitative estimate of drug-likeness (QED) is 0.771. The van der Waals surface area contributed by atoms with Crippen LogP contribution in [0.4, 0.5) is 8.78 Å². The second kappa shape index (κ2) is 5.95. The molecule has 1 aliphatic heterocycles. The van der Waals surface area contributed by atoms with Crippen molar-refractivity contribution in [2.45, 2.75) is 58.4 Å². The zero-order valence-electron chi connectivity index (χ0n) is 11.5. The number of carbonyl (C=O) groups is 1. The zero-order chi connectivity index (χ0) is 13.8. The predicted octanol–water partition coefficient (Wildman–Crippen LogP) is 2.32. The molecule has 0 aliphatic carbocycles. The summed E-state index contributed by atoms with van der Waals surface area (Å²) in [7, 11) is 0. The summed E-state index contributed by atoms with van der Waals surface area (Å²) < 4.78 is 26.0. The highest BCUT2D eigenvalue weighted by Gasteiger charge is 2.42. The van der Waals surface area contributed by atoms with Crippen molar-refractivity contribution in [1.29, 1.82) is 0 Å². The molecule has 0 aromatic heterocycles. The molecule has 1 rings (SSSR count). The number of rotatable bonds is 6. The first-order valence-electron chi connectivity index (χ1n) is 6.77. The summed E-state index contributed by atoms with van der Waals surface area (Å²) in [5.41, 5.74) is 0.0940. The van der Waals surface area contributed by atoms with Crippen molar-refractivity contribution < 1.29 is 13.6 Å². The normalized spacial score (nSPS) is 23.1. The highest BCUT2D eigenvalue weighted by atomic mass is 19.3. The Morgan fingerprint density at radius 3 is 2.28 bits per heavy atom. The van der Waals surface area contributed by atoms with Gasteiger partial charge in [0.25, 0.3) is 5.92 Å². The lowest BCUT2D eigenvalue weighted by molar-refractivity contribution is -0.124. The summed E-state index contributed by atoms with van der Waals surface area (Å²) >= 11 is 0. The van der Waals surface area contributed by atoms with Crippen LogP contribution in [-0.4, -0.2) is 31.0 Å². The molecule has 1 atom stereocenters. The lowest BCUT2D eigenvalue weighted by Gasteiger charge is -2.31. The Bertz CT molecular complexity index is 282. The van der Waals surface area contributed by atoms with Crippen molar-refractivity contribution in [2.75, 3.05) is 13.1 Å². The minimum Gasteiger partial charge on any atom is -0.354 e. The van der Waals surface area contributed by atoms with E-state index in [1.54, 1.807) is 0 Å². The van der Waals surface area contributed by atoms with Gasteiger partial charge >= 0.3 is 0 Å². The number of hydrogen-bond donors (Lipinski definition) is 2. The topological polar surface area (TPSA) is 41.1 Å². The maximum Gasteiger partial charge on any atom is 0.262 e. The summed E-state index contributed by atoms with van der Waals surface area (Å²) in [4.78, 5) is 11.8. The van der Waals surface area contributed by atoms with Gasteiger partial charge in [0.05, 0.1) is 12.6 Å². The highest BCUT2D eigenvalue weighted by molar-refractivity contribution is 5.82. The van der Waals surface area contributed by atoms with E-state index in [0.29, 0.717) is 6.54 Å². The van der Waals surface area contributed by atoms with E-state index < -0.39 is 24.9 Å². The van der Waals surface area contributed by atoms with Crippen LogP contribution in [0.1, 0.15) is 46.5 Å². The zero-order valence-corrected chi connectivity index (χ0v) is 11.5. The molecule has 106 valence electrons. The van der Waals surface area contributed by atoms with Gasteiger partial charge in [-0.3, -0.25) is 10.1 Å². The molecule has 3 nitrogen and oxygen atoms in total. The molecule has 1 saturated heterocycles. The first kappa shape index (κ1) is 15.3. The van der Waals surface area contributed by atoms with Crippen LogP contribution in [0.15, 0.2) is 0 Å². The van der Waals surface area contributed by atoms with Crippen molar-refractivity contribution in [3.8, 4) is 0 Å². The molecule has 0 aromatic rings. The van der Waals surface area contributed by atoms with Gasteiger partial charge in [0.1, 0.15) is 0 Å². The average Bonchev–Trinajstić information content (AvgIpc) is 2.72. The molecular formula is C13H24F2N2O. The second-order valence-electron chi connectivity index (χ2n) is 5.27. The number of amides is 1. The van der Waals surface area contributed by atoms with E-state index in [0.717, 1.165) is 19.3 Å². The minimum atomic E-state index is -2.75. The lowest BCUT2D eigenvalue weighted by Crippen LogP contribution is -2.44. The van der Waals surface area contributed by atoms with Crippen LogP contribution in [0.5, 0.6) is 0 Å². The first-order chi connectivity index (χ1) is 8.38. The molecule has 0 radical (unpaired) electrons. The number of alkyl halides is 2. The van der Waals surface area contributed by atoms with Crippen molar-refractivity contribution in [1.82, 2.24) is 10.6 Å². The maximum atomic E-state index is 13.0. The van der Waals surface area contributed by atoms with Crippen LogP contribution in [0, 0.1) is 5.41 Å². The van der Waals surface area contributed by atoms with Gasteiger partial charge in [-0.15, -0.1) is 0 Å². The third-order valence-corrected chi connectivity index (χ3v) is 4.31. The number of hydrogen-bond acceptors (Lipinski definition) is 2. The van der Waals surface area contributed by atoms with E-state index in [1.165, 1.54) is 0 Å². The fourth-order valence-corrected chi connectivity index (χ4v) is 2.42. The van der Waals surface area contributed by atoms with Crippen molar-refractivity contribution >= 4 is 5.91 Å². The van der Waals surface area contributed by atoms with E-state index >= 15 is 0 Å². The summed E-state index contributed by atoms with van der Waals surface area (Å²) in [6.07, 6.45) is 2.55. The molecule has 1 heterocycles.